The normalized spacial score (nSPS) is 31.8. The lowest BCUT2D eigenvalue weighted by Crippen LogP contribution is -2.29. The van der Waals surface area contributed by atoms with E-state index in [2.05, 4.69) is 40.0 Å². The number of anilines is 1. The van der Waals surface area contributed by atoms with Gasteiger partial charge in [0.05, 0.1) is 6.54 Å². The van der Waals surface area contributed by atoms with Crippen molar-refractivity contribution in [2.75, 3.05) is 37.6 Å². The van der Waals surface area contributed by atoms with E-state index >= 15 is 0 Å². The van der Waals surface area contributed by atoms with E-state index in [-0.39, 0.29) is 0 Å². The van der Waals surface area contributed by atoms with Gasteiger partial charge >= 0.3 is 0 Å². The number of rotatable bonds is 3. The first kappa shape index (κ1) is 13.2. The van der Waals surface area contributed by atoms with Gasteiger partial charge in [0.25, 0.3) is 0 Å². The molecule has 3 aliphatic rings. The van der Waals surface area contributed by atoms with Crippen LogP contribution >= 0.6 is 0 Å². The molecular formula is C19H24N2. The number of benzene rings is 1. The molecule has 21 heavy (non-hydrogen) atoms. The second-order valence-electron chi connectivity index (χ2n) is 7.03. The summed E-state index contributed by atoms with van der Waals surface area (Å²) in [5.41, 5.74) is 3.37. The van der Waals surface area contributed by atoms with E-state index in [1.54, 1.807) is 0 Å². The Morgan fingerprint density at radius 1 is 1.14 bits per heavy atom. The molecule has 0 amide bonds. The third-order valence-corrected chi connectivity index (χ3v) is 5.69. The van der Waals surface area contributed by atoms with Crippen LogP contribution in [-0.4, -0.2) is 37.6 Å². The highest BCUT2D eigenvalue weighted by molar-refractivity contribution is 5.51. The molecule has 1 aromatic rings. The quantitative estimate of drug-likeness (QED) is 0.786. The van der Waals surface area contributed by atoms with Crippen LogP contribution in [0.15, 0.2) is 24.3 Å². The summed E-state index contributed by atoms with van der Waals surface area (Å²) >= 11 is 0. The Morgan fingerprint density at radius 2 is 1.90 bits per heavy atom. The van der Waals surface area contributed by atoms with Gasteiger partial charge in [0, 0.05) is 37.3 Å². The predicted molar refractivity (Wildman–Crippen MR) is 87.6 cm³/mol. The lowest BCUT2D eigenvalue weighted by atomic mass is 9.94. The Morgan fingerprint density at radius 3 is 2.62 bits per heavy atom. The Labute approximate surface area is 128 Å². The predicted octanol–water partition coefficient (Wildman–Crippen LogP) is 2.88. The SMILES string of the molecule is C#CCN1CC2CC2(c2ccc(N3CCCCC3)cc2)C1. The fourth-order valence-corrected chi connectivity index (χ4v) is 4.44. The smallest absolute Gasteiger partial charge is 0.0599 e. The van der Waals surface area contributed by atoms with Crippen LogP contribution in [0.4, 0.5) is 5.69 Å². The number of likely N-dealkylation sites (tertiary alicyclic amines) is 1. The van der Waals surface area contributed by atoms with Gasteiger partial charge in [-0.1, -0.05) is 18.1 Å². The first-order chi connectivity index (χ1) is 10.3. The average molecular weight is 280 g/mol. The molecule has 2 nitrogen and oxygen atoms in total. The van der Waals surface area contributed by atoms with Crippen molar-refractivity contribution in [2.24, 2.45) is 5.92 Å². The molecule has 2 saturated heterocycles. The Balaban J connectivity index is 1.49. The molecule has 2 unspecified atom stereocenters. The molecule has 2 aliphatic heterocycles. The zero-order valence-electron chi connectivity index (χ0n) is 12.7. The van der Waals surface area contributed by atoms with Crippen LogP contribution in [0, 0.1) is 18.3 Å². The second-order valence-corrected chi connectivity index (χ2v) is 7.03. The van der Waals surface area contributed by atoms with Gasteiger partial charge in [-0.2, -0.15) is 0 Å². The number of hydrogen-bond donors (Lipinski definition) is 0. The standard InChI is InChI=1S/C19H24N2/c1-2-10-20-14-17-13-19(17,15-20)16-6-8-18(9-7-16)21-11-4-3-5-12-21/h1,6-9,17H,3-5,10-15H2. The van der Waals surface area contributed by atoms with Gasteiger partial charge in [-0.15, -0.1) is 6.42 Å². The third-order valence-electron chi connectivity index (χ3n) is 5.69. The molecule has 110 valence electrons. The van der Waals surface area contributed by atoms with Crippen LogP contribution in [0.5, 0.6) is 0 Å². The summed E-state index contributed by atoms with van der Waals surface area (Å²) in [6.45, 7) is 5.61. The Hall–Kier alpha value is -1.46. The van der Waals surface area contributed by atoms with Crippen LogP contribution in [0.2, 0.25) is 0 Å². The van der Waals surface area contributed by atoms with Gasteiger partial charge in [0.2, 0.25) is 0 Å². The molecule has 2 heterocycles. The molecule has 3 fully saturated rings. The zero-order chi connectivity index (χ0) is 14.3. The topological polar surface area (TPSA) is 6.48 Å². The minimum absolute atomic E-state index is 0.428. The summed E-state index contributed by atoms with van der Waals surface area (Å²) in [6.07, 6.45) is 10.9. The molecule has 0 bridgehead atoms. The van der Waals surface area contributed by atoms with Gasteiger partial charge in [-0.05, 0) is 49.3 Å². The summed E-state index contributed by atoms with van der Waals surface area (Å²) in [6, 6.07) is 9.44. The first-order valence-corrected chi connectivity index (χ1v) is 8.33. The summed E-state index contributed by atoms with van der Waals surface area (Å²) in [5, 5.41) is 0. The fourth-order valence-electron chi connectivity index (χ4n) is 4.44. The molecule has 2 heteroatoms. The van der Waals surface area contributed by atoms with Gasteiger partial charge in [0.1, 0.15) is 0 Å². The lowest BCUT2D eigenvalue weighted by molar-refractivity contribution is 0.334. The van der Waals surface area contributed by atoms with Crippen molar-refractivity contribution in [3.63, 3.8) is 0 Å². The van der Waals surface area contributed by atoms with E-state index in [0.29, 0.717) is 5.41 Å². The van der Waals surface area contributed by atoms with Crippen molar-refractivity contribution in [1.29, 1.82) is 0 Å². The Bertz CT molecular complexity index is 550. The first-order valence-electron chi connectivity index (χ1n) is 8.33. The maximum absolute atomic E-state index is 5.46. The van der Waals surface area contributed by atoms with Gasteiger partial charge in [0.15, 0.2) is 0 Å². The number of piperidine rings is 2. The number of nitrogens with zero attached hydrogens (tertiary/aromatic N) is 2. The molecule has 2 atom stereocenters. The number of fused-ring (bicyclic) bond motifs is 1. The average Bonchev–Trinajstić information content (AvgIpc) is 3.11. The van der Waals surface area contributed by atoms with E-state index in [0.717, 1.165) is 19.0 Å². The van der Waals surface area contributed by atoms with E-state index in [1.165, 1.54) is 56.6 Å². The van der Waals surface area contributed by atoms with Crippen LogP contribution in [-0.2, 0) is 5.41 Å². The number of terminal acetylenes is 1. The molecular weight excluding hydrogens is 256 g/mol. The molecule has 0 spiro atoms. The van der Waals surface area contributed by atoms with Crippen LogP contribution in [0.3, 0.4) is 0 Å². The van der Waals surface area contributed by atoms with Crippen LogP contribution in [0.1, 0.15) is 31.2 Å². The summed E-state index contributed by atoms with van der Waals surface area (Å²) in [4.78, 5) is 4.97. The zero-order valence-corrected chi connectivity index (χ0v) is 12.7. The lowest BCUT2D eigenvalue weighted by Gasteiger charge is -2.29. The minimum atomic E-state index is 0.428. The summed E-state index contributed by atoms with van der Waals surface area (Å²) < 4.78 is 0. The minimum Gasteiger partial charge on any atom is -0.372 e. The molecule has 0 N–H and O–H groups in total. The van der Waals surface area contributed by atoms with Gasteiger partial charge < -0.3 is 4.90 Å². The molecule has 0 radical (unpaired) electrons. The van der Waals surface area contributed by atoms with Crippen molar-refractivity contribution < 1.29 is 0 Å². The summed E-state index contributed by atoms with van der Waals surface area (Å²) in [7, 11) is 0. The van der Waals surface area contributed by atoms with Crippen molar-refractivity contribution in [3.05, 3.63) is 29.8 Å². The molecule has 0 aromatic heterocycles. The largest absolute Gasteiger partial charge is 0.372 e. The maximum Gasteiger partial charge on any atom is 0.0599 e. The molecule has 4 rings (SSSR count). The molecule has 1 aliphatic carbocycles. The monoisotopic (exact) mass is 280 g/mol. The fraction of sp³-hybridized carbons (Fsp3) is 0.579. The highest BCUT2D eigenvalue weighted by Gasteiger charge is 2.60. The second kappa shape index (κ2) is 5.07. The number of hydrogen-bond acceptors (Lipinski definition) is 2. The molecule has 1 saturated carbocycles. The third kappa shape index (κ3) is 2.24. The van der Waals surface area contributed by atoms with E-state index in [4.69, 9.17) is 6.42 Å². The van der Waals surface area contributed by atoms with E-state index < -0.39 is 0 Å². The molecule has 1 aromatic carbocycles. The van der Waals surface area contributed by atoms with E-state index in [1.807, 2.05) is 0 Å². The van der Waals surface area contributed by atoms with Crippen LogP contribution in [0.25, 0.3) is 0 Å². The van der Waals surface area contributed by atoms with Crippen molar-refractivity contribution in [3.8, 4) is 12.3 Å². The van der Waals surface area contributed by atoms with Gasteiger partial charge in [-0.3, -0.25) is 4.90 Å². The van der Waals surface area contributed by atoms with E-state index in [9.17, 15) is 0 Å². The van der Waals surface area contributed by atoms with Crippen LogP contribution < -0.4 is 4.90 Å². The highest BCUT2D eigenvalue weighted by atomic mass is 15.2. The Kier molecular flexibility index (Phi) is 3.19. The van der Waals surface area contributed by atoms with Crippen molar-refractivity contribution in [2.45, 2.75) is 31.1 Å². The summed E-state index contributed by atoms with van der Waals surface area (Å²) in [5.74, 6) is 3.63. The van der Waals surface area contributed by atoms with Crippen molar-refractivity contribution in [1.82, 2.24) is 4.90 Å². The van der Waals surface area contributed by atoms with Crippen molar-refractivity contribution >= 4 is 5.69 Å². The highest BCUT2D eigenvalue weighted by Crippen LogP contribution is 2.58. The maximum atomic E-state index is 5.46. The van der Waals surface area contributed by atoms with Gasteiger partial charge in [-0.25, -0.2) is 0 Å².